The maximum absolute atomic E-state index is 14.0. The number of ether oxygens (including phenoxy) is 2. The fourth-order valence-corrected chi connectivity index (χ4v) is 7.93. The van der Waals surface area contributed by atoms with Crippen LogP contribution in [0.2, 0.25) is 0 Å². The number of carbonyl (C=O) groups excluding carboxylic acids is 2. The largest absolute Gasteiger partial charge is 0.678 e. The van der Waals surface area contributed by atoms with Crippen molar-refractivity contribution in [3.8, 4) is 22.1 Å². The average Bonchev–Trinajstić information content (AvgIpc) is 4.05. The maximum atomic E-state index is 14.0. The first-order valence-electron chi connectivity index (χ1n) is 22.0. The molecule has 5 rings (SSSR count). The van der Waals surface area contributed by atoms with E-state index in [2.05, 4.69) is 41.4 Å². The molecular weight excluding hydrogens is 831 g/mol. The highest BCUT2D eigenvalue weighted by Gasteiger charge is 2.25. The zero-order valence-electron chi connectivity index (χ0n) is 37.5. The Morgan fingerprint density at radius 2 is 1.69 bits per heavy atom. The summed E-state index contributed by atoms with van der Waals surface area (Å²) in [5, 5.41) is 21.9. The number of amides is 2. The quantitative estimate of drug-likeness (QED) is 0.0269. The number of nitrogens with zero attached hydrogens (tertiary/aromatic N) is 2. The van der Waals surface area contributed by atoms with E-state index >= 15 is 0 Å². The van der Waals surface area contributed by atoms with E-state index in [1.54, 1.807) is 36.4 Å². The van der Waals surface area contributed by atoms with Crippen molar-refractivity contribution in [2.24, 2.45) is 4.99 Å². The van der Waals surface area contributed by atoms with Crippen molar-refractivity contribution in [3.63, 3.8) is 0 Å². The molecule has 3 heterocycles. The van der Waals surface area contributed by atoms with E-state index in [9.17, 15) is 23.3 Å². The van der Waals surface area contributed by atoms with E-state index in [1.165, 1.54) is 11.3 Å². The highest BCUT2D eigenvalue weighted by atomic mass is 32.1. The molecule has 1 aliphatic heterocycles. The summed E-state index contributed by atoms with van der Waals surface area (Å²) in [6, 6.07) is 22.1. The van der Waals surface area contributed by atoms with Gasteiger partial charge in [0.25, 0.3) is 5.91 Å². The van der Waals surface area contributed by atoms with Crippen molar-refractivity contribution in [1.82, 2.24) is 20.4 Å². The molecule has 340 valence electrons. The van der Waals surface area contributed by atoms with Crippen LogP contribution in [0.15, 0.2) is 120 Å². The Kier molecular flexibility index (Phi) is 18.9. The minimum Gasteiger partial charge on any atom is -0.491 e. The van der Waals surface area contributed by atoms with Crippen molar-refractivity contribution in [1.29, 1.82) is 0 Å². The SMILES string of the molecule is C=CCc1ccccc1OC[C@@H](O)CNC(C)(C)CCCC(C)(C)NC(=O)CCCCCNC(=O)COc1ccc(/C=C/C2=NC(=C\c3ccc(-c4cccs4)n3B(F)F)/C=C2)cc1. The van der Waals surface area contributed by atoms with Crippen molar-refractivity contribution in [2.75, 3.05) is 26.3 Å². The number of para-hydroxylation sites is 1. The number of aliphatic imine (C=N–C) groups is 1. The molecule has 0 spiro atoms. The molecular formula is C50H62BF2N5O5S. The number of rotatable bonds is 27. The molecule has 4 N–H and O–H groups in total. The molecule has 2 aromatic carbocycles. The van der Waals surface area contributed by atoms with Gasteiger partial charge in [-0.2, -0.15) is 0 Å². The molecule has 64 heavy (non-hydrogen) atoms. The number of thiophene rings is 1. The van der Waals surface area contributed by atoms with Crippen molar-refractivity contribution >= 4 is 48.4 Å². The number of carbonyl (C=O) groups is 2. The molecule has 1 aliphatic rings. The smallest absolute Gasteiger partial charge is 0.491 e. The molecule has 0 aliphatic carbocycles. The van der Waals surface area contributed by atoms with E-state index in [1.807, 2.05) is 92.1 Å². The molecule has 0 radical (unpaired) electrons. The summed E-state index contributed by atoms with van der Waals surface area (Å²) in [4.78, 5) is 30.5. The maximum Gasteiger partial charge on any atom is 0.678 e. The number of allylic oxidation sites excluding steroid dienone is 4. The number of aliphatic hydroxyl groups is 1. The highest BCUT2D eigenvalue weighted by molar-refractivity contribution is 7.13. The lowest BCUT2D eigenvalue weighted by Crippen LogP contribution is -2.46. The van der Waals surface area contributed by atoms with Crippen LogP contribution in [0.1, 0.15) is 89.5 Å². The lowest BCUT2D eigenvalue weighted by Gasteiger charge is -2.31. The number of β-amino-alcohol motifs (C(OH)–C–C–N with tert-alkyl or cyclic N) is 1. The number of benzene rings is 2. The second-order valence-corrected chi connectivity index (χ2v) is 18.1. The molecule has 0 saturated carbocycles. The summed E-state index contributed by atoms with van der Waals surface area (Å²) in [5.41, 5.74) is 3.53. The third kappa shape index (κ3) is 16.5. The van der Waals surface area contributed by atoms with E-state index in [0.29, 0.717) is 54.5 Å². The lowest BCUT2D eigenvalue weighted by molar-refractivity contribution is -0.124. The normalized spacial score (nSPS) is 13.9. The number of unbranched alkanes of at least 4 members (excludes halogenated alkanes) is 2. The number of aromatic nitrogens is 1. The monoisotopic (exact) mass is 893 g/mol. The molecule has 10 nitrogen and oxygen atoms in total. The third-order valence-corrected chi connectivity index (χ3v) is 11.6. The summed E-state index contributed by atoms with van der Waals surface area (Å²) < 4.78 is 40.5. The van der Waals surface area contributed by atoms with Gasteiger partial charge in [-0.15, -0.1) is 17.9 Å². The predicted octanol–water partition coefficient (Wildman–Crippen LogP) is 9.71. The molecule has 0 fully saturated rings. The predicted molar refractivity (Wildman–Crippen MR) is 258 cm³/mol. The third-order valence-electron chi connectivity index (χ3n) is 10.7. The van der Waals surface area contributed by atoms with Crippen LogP contribution in [0.4, 0.5) is 8.63 Å². The summed E-state index contributed by atoms with van der Waals surface area (Å²) in [5.74, 6) is 1.13. The number of aliphatic hydroxyl groups excluding tert-OH is 1. The second kappa shape index (κ2) is 24.5. The first kappa shape index (κ1) is 49.5. The van der Waals surface area contributed by atoms with Crippen LogP contribution in [0, 0.1) is 0 Å². The molecule has 0 saturated heterocycles. The van der Waals surface area contributed by atoms with Crippen molar-refractivity contribution < 1.29 is 32.8 Å². The Hall–Kier alpha value is -5.57. The van der Waals surface area contributed by atoms with Gasteiger partial charge in [0, 0.05) is 41.2 Å². The number of hydrogen-bond acceptors (Lipinski definition) is 8. The number of hydrogen-bond donors (Lipinski definition) is 4. The fourth-order valence-electron chi connectivity index (χ4n) is 7.19. The van der Waals surface area contributed by atoms with Crippen LogP contribution < -0.4 is 25.4 Å². The van der Waals surface area contributed by atoms with E-state index in [-0.39, 0.29) is 36.1 Å². The molecule has 1 atom stereocenters. The summed E-state index contributed by atoms with van der Waals surface area (Å²) in [6.07, 6.45) is 16.2. The van der Waals surface area contributed by atoms with Crippen LogP contribution in [0.5, 0.6) is 11.5 Å². The van der Waals surface area contributed by atoms with Crippen LogP contribution in [-0.4, -0.2) is 78.0 Å². The Morgan fingerprint density at radius 1 is 0.906 bits per heavy atom. The second-order valence-electron chi connectivity index (χ2n) is 17.2. The van der Waals surface area contributed by atoms with Gasteiger partial charge in [-0.1, -0.05) is 55.0 Å². The minimum absolute atomic E-state index is 0.0229. The van der Waals surface area contributed by atoms with Crippen LogP contribution in [-0.2, 0) is 16.0 Å². The van der Waals surface area contributed by atoms with Gasteiger partial charge in [0.05, 0.1) is 17.1 Å². The Labute approximate surface area is 381 Å². The molecule has 2 amide bonds. The first-order valence-corrected chi connectivity index (χ1v) is 22.8. The van der Waals surface area contributed by atoms with Crippen molar-refractivity contribution in [2.45, 2.75) is 96.2 Å². The van der Waals surface area contributed by atoms with Gasteiger partial charge >= 0.3 is 7.40 Å². The van der Waals surface area contributed by atoms with Gasteiger partial charge in [0.1, 0.15) is 24.2 Å². The zero-order valence-corrected chi connectivity index (χ0v) is 38.3. The van der Waals surface area contributed by atoms with Gasteiger partial charge in [0.15, 0.2) is 6.61 Å². The first-order chi connectivity index (χ1) is 30.7. The molecule has 14 heteroatoms. The topological polar surface area (TPSA) is 126 Å². The summed E-state index contributed by atoms with van der Waals surface area (Å²) in [6.45, 7) is 13.1. The van der Waals surface area contributed by atoms with Gasteiger partial charge in [-0.3, -0.25) is 18.2 Å². The average molecular weight is 894 g/mol. The highest BCUT2D eigenvalue weighted by Crippen LogP contribution is 2.30. The van der Waals surface area contributed by atoms with Crippen LogP contribution in [0.25, 0.3) is 22.7 Å². The van der Waals surface area contributed by atoms with E-state index in [0.717, 1.165) is 64.8 Å². The zero-order chi connectivity index (χ0) is 46.0. The molecule has 0 unspecified atom stereocenters. The Morgan fingerprint density at radius 3 is 2.44 bits per heavy atom. The van der Waals surface area contributed by atoms with Crippen molar-refractivity contribution in [3.05, 3.63) is 132 Å². The lowest BCUT2D eigenvalue weighted by atomic mass is 9.90. The molecule has 4 aromatic rings. The van der Waals surface area contributed by atoms with E-state index < -0.39 is 13.5 Å². The van der Waals surface area contributed by atoms with E-state index in [4.69, 9.17) is 9.47 Å². The van der Waals surface area contributed by atoms with Gasteiger partial charge in [-0.25, -0.2) is 4.99 Å². The fraction of sp³-hybridized carbons (Fsp3) is 0.380. The van der Waals surface area contributed by atoms with Gasteiger partial charge < -0.3 is 35.0 Å². The number of halogens is 2. The molecule has 0 bridgehead atoms. The van der Waals surface area contributed by atoms with Crippen LogP contribution in [0.3, 0.4) is 0 Å². The summed E-state index contributed by atoms with van der Waals surface area (Å²) in [7, 11) is -2.68. The Balaban J connectivity index is 0.904. The number of nitrogens with one attached hydrogen (secondary N) is 3. The van der Waals surface area contributed by atoms with Gasteiger partial charge in [0.2, 0.25) is 5.91 Å². The standard InChI is InChI=1S/C50H62BF2N5O5S/c1-6-14-38-15-9-10-16-45(38)63-35-42(59)34-55-49(2,3)29-13-30-50(4,5)57-47(60)18-8-7-11-31-54-48(61)36-62-43-26-20-37(21-27-43)19-22-39-23-24-40(56-39)33-41-25-28-44(58(41)51(52)53)46-17-12-32-64-46/h6,9-10,12,15-17,19-28,32-33,42,55,59H,1,7-8,11,13-14,18,29-31,34-36H2,2-5H3,(H,54,61)(H,57,60)/b22-19+,40-33-/t42-/m0/s1. The van der Waals surface area contributed by atoms with Gasteiger partial charge in [-0.05, 0) is 143 Å². The minimum atomic E-state index is -2.68. The Bertz CT molecular complexity index is 2250. The molecule has 2 aromatic heterocycles. The van der Waals surface area contributed by atoms with Crippen LogP contribution >= 0.6 is 11.3 Å². The summed E-state index contributed by atoms with van der Waals surface area (Å²) >= 11 is 1.42.